The zero-order valence-corrected chi connectivity index (χ0v) is 25.4. The molecule has 5 aromatic carbocycles. The van der Waals surface area contributed by atoms with Crippen molar-refractivity contribution in [2.75, 3.05) is 9.80 Å². The lowest BCUT2D eigenvalue weighted by atomic mass is 9.96. The Morgan fingerprint density at radius 1 is 0.500 bits per heavy atom. The number of imide groups is 2. The number of rotatable bonds is 7. The third-order valence-corrected chi connectivity index (χ3v) is 8.55. The predicted octanol–water partition coefficient (Wildman–Crippen LogP) is 7.49. The Morgan fingerprint density at radius 3 is 1.35 bits per heavy atom. The van der Waals surface area contributed by atoms with Crippen LogP contribution in [0.3, 0.4) is 0 Å². The smallest absolute Gasteiger partial charge is 0.274 e. The van der Waals surface area contributed by atoms with Crippen LogP contribution in [-0.2, 0) is 0 Å². The molecule has 3 aliphatic rings. The van der Waals surface area contributed by atoms with Crippen molar-refractivity contribution in [2.24, 2.45) is 0 Å². The molecule has 0 spiro atoms. The van der Waals surface area contributed by atoms with Gasteiger partial charge in [0.15, 0.2) is 0 Å². The van der Waals surface area contributed by atoms with E-state index in [0.29, 0.717) is 51.5 Å². The normalized spacial score (nSPS) is 16.1. The highest BCUT2D eigenvalue weighted by Crippen LogP contribution is 2.38. The maximum Gasteiger partial charge on any atom is 0.274 e. The van der Waals surface area contributed by atoms with Gasteiger partial charge in [-0.3, -0.25) is 19.2 Å². The van der Waals surface area contributed by atoms with Crippen LogP contribution in [0.15, 0.2) is 146 Å². The molecule has 0 saturated heterocycles. The summed E-state index contributed by atoms with van der Waals surface area (Å²) in [6.45, 7) is 0. The van der Waals surface area contributed by atoms with Gasteiger partial charge in [0.05, 0.1) is 33.6 Å². The number of carbonyl (C=O) groups is 4. The summed E-state index contributed by atoms with van der Waals surface area (Å²) in [5.41, 5.74) is 4.13. The number of carbonyl (C=O) groups excluding carboxylic acids is 4. The first kappa shape index (κ1) is 28.9. The van der Waals surface area contributed by atoms with Crippen LogP contribution >= 0.6 is 0 Å². The summed E-state index contributed by atoms with van der Waals surface area (Å²) in [7, 11) is 0. The molecule has 0 unspecified atom stereocenters. The summed E-state index contributed by atoms with van der Waals surface area (Å²) in [6.07, 6.45) is 6.04. The highest BCUT2D eigenvalue weighted by atomic mass is 16.7. The van der Waals surface area contributed by atoms with Gasteiger partial charge in [-0.15, -0.1) is 0 Å². The fourth-order valence-electron chi connectivity index (χ4n) is 6.24. The van der Waals surface area contributed by atoms with Crippen molar-refractivity contribution in [3.63, 3.8) is 0 Å². The molecule has 0 radical (unpaired) electrons. The van der Waals surface area contributed by atoms with E-state index in [1.807, 2.05) is 48.6 Å². The number of nitrogens with zero attached hydrogens (tertiary/aromatic N) is 2. The number of anilines is 2. The Bertz CT molecular complexity index is 2030. The Labute approximate surface area is 275 Å². The second-order valence-electron chi connectivity index (χ2n) is 11.6. The summed E-state index contributed by atoms with van der Waals surface area (Å²) >= 11 is 0. The first-order valence-electron chi connectivity index (χ1n) is 15.4. The fourth-order valence-corrected chi connectivity index (χ4v) is 6.24. The predicted molar refractivity (Wildman–Crippen MR) is 180 cm³/mol. The number of ether oxygens (including phenoxy) is 2. The highest BCUT2D eigenvalue weighted by Gasteiger charge is 2.39. The quantitative estimate of drug-likeness (QED) is 0.137. The van der Waals surface area contributed by atoms with Crippen LogP contribution in [0.25, 0.3) is 5.57 Å². The SMILES string of the molecule is O=C1c2ccccc2C(=O)N1c1cccc(OC2(Oc3cccc(N4C(=O)c5ccccc5C4=O)c3)C=CC(c3ccccc3)=CC2)c1. The van der Waals surface area contributed by atoms with E-state index < -0.39 is 29.4 Å². The average molecular weight is 631 g/mol. The van der Waals surface area contributed by atoms with Crippen LogP contribution in [0.4, 0.5) is 11.4 Å². The summed E-state index contributed by atoms with van der Waals surface area (Å²) in [4.78, 5) is 55.1. The maximum absolute atomic E-state index is 13.2. The molecule has 8 heteroatoms. The van der Waals surface area contributed by atoms with Crippen molar-refractivity contribution in [2.45, 2.75) is 12.2 Å². The zero-order chi connectivity index (χ0) is 32.8. The van der Waals surface area contributed by atoms with Crippen molar-refractivity contribution in [1.82, 2.24) is 0 Å². The second-order valence-corrected chi connectivity index (χ2v) is 11.6. The molecule has 0 atom stereocenters. The zero-order valence-electron chi connectivity index (χ0n) is 25.4. The van der Waals surface area contributed by atoms with E-state index in [2.05, 4.69) is 0 Å². The second kappa shape index (κ2) is 11.4. The van der Waals surface area contributed by atoms with Gasteiger partial charge in [-0.05, 0) is 59.7 Å². The molecule has 232 valence electrons. The summed E-state index contributed by atoms with van der Waals surface area (Å²) < 4.78 is 13.2. The Hall–Kier alpha value is -6.54. The lowest BCUT2D eigenvalue weighted by Gasteiger charge is -2.34. The fraction of sp³-hybridized carbons (Fsp3) is 0.0500. The third kappa shape index (κ3) is 4.87. The van der Waals surface area contributed by atoms with Gasteiger partial charge in [0, 0.05) is 24.6 Å². The van der Waals surface area contributed by atoms with Crippen LogP contribution in [-0.4, -0.2) is 29.4 Å². The van der Waals surface area contributed by atoms with E-state index in [1.54, 1.807) is 97.1 Å². The van der Waals surface area contributed by atoms with E-state index in [0.717, 1.165) is 20.9 Å². The molecule has 5 aromatic rings. The maximum atomic E-state index is 13.2. The van der Waals surface area contributed by atoms with Gasteiger partial charge in [0.1, 0.15) is 11.5 Å². The lowest BCUT2D eigenvalue weighted by molar-refractivity contribution is -0.0684. The number of amides is 4. The van der Waals surface area contributed by atoms with Crippen molar-refractivity contribution in [1.29, 1.82) is 0 Å². The number of benzene rings is 5. The van der Waals surface area contributed by atoms with Crippen LogP contribution in [0.5, 0.6) is 11.5 Å². The molecule has 2 heterocycles. The van der Waals surface area contributed by atoms with Gasteiger partial charge in [-0.25, -0.2) is 9.80 Å². The highest BCUT2D eigenvalue weighted by molar-refractivity contribution is 6.35. The number of fused-ring (bicyclic) bond motifs is 2. The topological polar surface area (TPSA) is 93.2 Å². The molecular weight excluding hydrogens is 604 g/mol. The number of hydrogen-bond donors (Lipinski definition) is 0. The van der Waals surface area contributed by atoms with Gasteiger partial charge < -0.3 is 9.47 Å². The summed E-state index contributed by atoms with van der Waals surface area (Å²) in [6, 6.07) is 36.9. The third-order valence-electron chi connectivity index (χ3n) is 8.55. The van der Waals surface area contributed by atoms with E-state index in [4.69, 9.17) is 9.47 Å². The van der Waals surface area contributed by atoms with Crippen molar-refractivity contribution >= 4 is 40.6 Å². The van der Waals surface area contributed by atoms with Crippen molar-refractivity contribution < 1.29 is 28.7 Å². The molecule has 8 rings (SSSR count). The summed E-state index contributed by atoms with van der Waals surface area (Å²) in [5, 5.41) is 0. The van der Waals surface area contributed by atoms with Gasteiger partial charge >= 0.3 is 0 Å². The standard InChI is InChI=1S/C40H26N2O6/c43-36-32-16-4-5-17-33(32)37(44)41(36)28-12-8-14-30(24-28)47-40(22-20-27(21-23-40)26-10-2-1-3-11-26)48-31-15-9-13-29(25-31)42-38(45)34-18-6-7-19-35(34)39(42)46/h1-22,24-25H,23H2. The van der Waals surface area contributed by atoms with Gasteiger partial charge in [-0.2, -0.15) is 0 Å². The Morgan fingerprint density at radius 2 is 0.938 bits per heavy atom. The first-order chi connectivity index (χ1) is 23.4. The molecule has 4 amide bonds. The molecule has 8 nitrogen and oxygen atoms in total. The first-order valence-corrected chi connectivity index (χ1v) is 15.4. The van der Waals surface area contributed by atoms with E-state index in [1.165, 1.54) is 0 Å². The molecule has 0 N–H and O–H groups in total. The minimum atomic E-state index is -1.36. The molecule has 0 saturated carbocycles. The molecule has 48 heavy (non-hydrogen) atoms. The molecule has 0 bridgehead atoms. The summed E-state index contributed by atoms with van der Waals surface area (Å²) in [5.74, 6) is -2.26. The molecule has 0 fully saturated rings. The van der Waals surface area contributed by atoms with E-state index in [9.17, 15) is 19.2 Å². The van der Waals surface area contributed by atoms with Gasteiger partial charge in [-0.1, -0.05) is 78.9 Å². The van der Waals surface area contributed by atoms with E-state index >= 15 is 0 Å². The van der Waals surface area contributed by atoms with Crippen LogP contribution in [0, 0.1) is 0 Å². The minimum absolute atomic E-state index is 0.294. The lowest BCUT2D eigenvalue weighted by Crippen LogP contribution is -2.41. The molecule has 2 aliphatic heterocycles. The van der Waals surface area contributed by atoms with Crippen molar-refractivity contribution in [3.8, 4) is 11.5 Å². The largest absolute Gasteiger partial charge is 0.448 e. The van der Waals surface area contributed by atoms with Gasteiger partial charge in [0.2, 0.25) is 0 Å². The van der Waals surface area contributed by atoms with Crippen LogP contribution in [0.2, 0.25) is 0 Å². The minimum Gasteiger partial charge on any atom is -0.448 e. The van der Waals surface area contributed by atoms with Crippen LogP contribution in [0.1, 0.15) is 53.4 Å². The number of hydrogen-bond acceptors (Lipinski definition) is 6. The Balaban J connectivity index is 1.12. The van der Waals surface area contributed by atoms with Gasteiger partial charge in [0.25, 0.3) is 29.4 Å². The monoisotopic (exact) mass is 630 g/mol. The van der Waals surface area contributed by atoms with E-state index in [-0.39, 0.29) is 0 Å². The molecular formula is C40H26N2O6. The molecule has 1 aliphatic carbocycles. The number of allylic oxidation sites excluding steroid dienone is 2. The van der Waals surface area contributed by atoms with Crippen LogP contribution < -0.4 is 19.3 Å². The molecule has 0 aromatic heterocycles. The van der Waals surface area contributed by atoms with Crippen molar-refractivity contribution in [3.05, 3.63) is 173 Å². The Kier molecular flexibility index (Phi) is 6.84. The average Bonchev–Trinajstić information content (AvgIpc) is 3.53.